The van der Waals surface area contributed by atoms with E-state index in [1.807, 2.05) is 0 Å². The highest BCUT2D eigenvalue weighted by Gasteiger charge is 2.19. The average molecular weight is 299 g/mol. The van der Waals surface area contributed by atoms with Crippen LogP contribution in [0.3, 0.4) is 0 Å². The Morgan fingerprint density at radius 2 is 1.38 bits per heavy atom. The molecule has 1 aliphatic carbocycles. The van der Waals surface area contributed by atoms with Gasteiger partial charge in [-0.25, -0.2) is 0 Å². The van der Waals surface area contributed by atoms with E-state index in [-0.39, 0.29) is 0 Å². The molecule has 0 amide bonds. The minimum Gasteiger partial charge on any atom is -0.328 e. The number of unbranched alkanes of at least 4 members (excludes halogenated alkanes) is 5. The highest BCUT2D eigenvalue weighted by Crippen LogP contribution is 2.20. The first-order valence-corrected chi connectivity index (χ1v) is 9.57. The Labute approximate surface area is 133 Å². The van der Waals surface area contributed by atoms with Gasteiger partial charge in [0.25, 0.3) is 0 Å². The van der Waals surface area contributed by atoms with Gasteiger partial charge in [-0.3, -0.25) is 0 Å². The topological polar surface area (TPSA) is 9.23 Å². The van der Waals surface area contributed by atoms with Gasteiger partial charge in [-0.15, -0.1) is 0 Å². The largest absolute Gasteiger partial charge is 0.328 e. The second-order valence-corrected chi connectivity index (χ2v) is 7.69. The summed E-state index contributed by atoms with van der Waals surface area (Å²) in [6.45, 7) is 4.45. The Morgan fingerprint density at radius 3 is 2.05 bits per heavy atom. The Kier molecular flexibility index (Phi) is 10.4. The maximum Gasteiger partial charge on any atom is 0.183 e. The van der Waals surface area contributed by atoms with E-state index in [1.54, 1.807) is 0 Å². The van der Waals surface area contributed by atoms with E-state index in [0.717, 1.165) is 11.2 Å². The normalized spacial score (nSPS) is 18.4. The van der Waals surface area contributed by atoms with Crippen molar-refractivity contribution in [3.05, 3.63) is 0 Å². The van der Waals surface area contributed by atoms with Crippen LogP contribution in [0, 0.1) is 0 Å². The second kappa shape index (κ2) is 11.5. The summed E-state index contributed by atoms with van der Waals surface area (Å²) in [5, 5.41) is 0. The van der Waals surface area contributed by atoms with Gasteiger partial charge in [0, 0.05) is 0 Å². The van der Waals surface area contributed by atoms with Crippen LogP contribution in [-0.2, 0) is 4.74 Å². The van der Waals surface area contributed by atoms with Crippen molar-refractivity contribution in [3.63, 3.8) is 0 Å². The van der Waals surface area contributed by atoms with E-state index < -0.39 is 0 Å². The van der Waals surface area contributed by atoms with Crippen LogP contribution >= 0.6 is 0 Å². The Morgan fingerprint density at radius 1 is 0.810 bits per heavy atom. The van der Waals surface area contributed by atoms with E-state index in [9.17, 15) is 0 Å². The van der Waals surface area contributed by atoms with Crippen LogP contribution in [0.2, 0.25) is 0 Å². The predicted molar refractivity (Wildman–Crippen MR) is 92.4 cm³/mol. The summed E-state index contributed by atoms with van der Waals surface area (Å²) in [6.07, 6.45) is 18.4. The Hall–Kier alpha value is -0.0800. The molecule has 0 aromatic heterocycles. The van der Waals surface area contributed by atoms with Gasteiger partial charge in [0.1, 0.15) is 0 Å². The van der Waals surface area contributed by atoms with Gasteiger partial charge in [-0.1, -0.05) is 64.7 Å². The fourth-order valence-electron chi connectivity index (χ4n) is 3.28. The van der Waals surface area contributed by atoms with E-state index >= 15 is 0 Å². The Balaban J connectivity index is 2.09. The molecule has 2 heteroatoms. The number of ether oxygens (including phenoxy) is 1. The fourth-order valence-corrected chi connectivity index (χ4v) is 3.28. The van der Waals surface area contributed by atoms with Crippen LogP contribution in [0.25, 0.3) is 0 Å². The van der Waals surface area contributed by atoms with Crippen molar-refractivity contribution < 1.29 is 9.22 Å². The molecular weight excluding hydrogens is 258 g/mol. The second-order valence-electron chi connectivity index (χ2n) is 7.69. The minimum absolute atomic E-state index is 0.534. The van der Waals surface area contributed by atoms with Gasteiger partial charge < -0.3 is 9.22 Å². The summed E-state index contributed by atoms with van der Waals surface area (Å²) >= 11 is 0. The molecule has 0 unspecified atom stereocenters. The first-order chi connectivity index (χ1) is 10.1. The molecule has 0 bridgehead atoms. The monoisotopic (exact) mass is 298 g/mol. The van der Waals surface area contributed by atoms with Gasteiger partial charge in [0.2, 0.25) is 0 Å². The van der Waals surface area contributed by atoms with E-state index in [0.29, 0.717) is 6.10 Å². The molecule has 2 nitrogen and oxygen atoms in total. The molecule has 0 heterocycles. The number of hydrogen-bond donors (Lipinski definition) is 0. The van der Waals surface area contributed by atoms with Gasteiger partial charge in [-0.05, 0) is 25.7 Å². The molecule has 0 radical (unpaired) electrons. The van der Waals surface area contributed by atoms with Crippen LogP contribution in [0.15, 0.2) is 0 Å². The van der Waals surface area contributed by atoms with Crippen LogP contribution in [0.5, 0.6) is 0 Å². The predicted octanol–water partition coefficient (Wildman–Crippen LogP) is 5.51. The first kappa shape index (κ1) is 19.0. The summed E-state index contributed by atoms with van der Waals surface area (Å²) < 4.78 is 7.28. The third kappa shape index (κ3) is 10.3. The van der Waals surface area contributed by atoms with Crippen molar-refractivity contribution in [2.75, 3.05) is 27.4 Å². The molecule has 1 aliphatic rings. The van der Waals surface area contributed by atoms with E-state index in [1.165, 1.54) is 90.0 Å². The molecule has 21 heavy (non-hydrogen) atoms. The summed E-state index contributed by atoms with van der Waals surface area (Å²) in [6, 6.07) is 0. The van der Waals surface area contributed by atoms with Crippen molar-refractivity contribution in [2.45, 2.75) is 96.5 Å². The molecule has 0 spiro atoms. The van der Waals surface area contributed by atoms with Crippen molar-refractivity contribution >= 4 is 0 Å². The lowest BCUT2D eigenvalue weighted by Crippen LogP contribution is -2.43. The molecule has 0 aromatic rings. The zero-order valence-electron chi connectivity index (χ0n) is 15.0. The van der Waals surface area contributed by atoms with Crippen molar-refractivity contribution in [2.24, 2.45) is 0 Å². The molecular formula is C19H40NO+. The zero-order chi connectivity index (χ0) is 15.4. The molecule has 126 valence electrons. The number of nitrogens with zero attached hydrogens (tertiary/aromatic N) is 1. The first-order valence-electron chi connectivity index (χ1n) is 9.57. The molecule has 0 saturated heterocycles. The summed E-state index contributed by atoms with van der Waals surface area (Å²) in [5.41, 5.74) is 0. The summed E-state index contributed by atoms with van der Waals surface area (Å²) in [4.78, 5) is 0. The molecule has 1 rings (SSSR count). The third-order valence-corrected chi connectivity index (χ3v) is 4.83. The van der Waals surface area contributed by atoms with Crippen LogP contribution < -0.4 is 0 Å². The van der Waals surface area contributed by atoms with Crippen LogP contribution in [-0.4, -0.2) is 38.0 Å². The highest BCUT2D eigenvalue weighted by molar-refractivity contribution is 4.62. The summed E-state index contributed by atoms with van der Waals surface area (Å²) in [7, 11) is 4.66. The van der Waals surface area contributed by atoms with Crippen LogP contribution in [0.1, 0.15) is 90.4 Å². The van der Waals surface area contributed by atoms with Crippen molar-refractivity contribution in [1.82, 2.24) is 0 Å². The quantitative estimate of drug-likeness (QED) is 0.293. The maximum atomic E-state index is 6.25. The van der Waals surface area contributed by atoms with Gasteiger partial charge in [0.15, 0.2) is 6.73 Å². The fraction of sp³-hybridized carbons (Fsp3) is 1.00. The van der Waals surface area contributed by atoms with Gasteiger partial charge >= 0.3 is 0 Å². The molecule has 0 atom stereocenters. The lowest BCUT2D eigenvalue weighted by atomic mass is 9.99. The van der Waals surface area contributed by atoms with E-state index in [4.69, 9.17) is 4.74 Å². The summed E-state index contributed by atoms with van der Waals surface area (Å²) in [5.74, 6) is 0. The number of quaternary nitrogens is 1. The van der Waals surface area contributed by atoms with E-state index in [2.05, 4.69) is 21.0 Å². The SMILES string of the molecule is CCCCCCCC[N+](C)(C)COC1CCCCCCC1. The maximum absolute atomic E-state index is 6.25. The minimum atomic E-state index is 0.534. The highest BCUT2D eigenvalue weighted by atomic mass is 16.5. The zero-order valence-corrected chi connectivity index (χ0v) is 15.0. The standard InChI is InChI=1S/C19H40NO/c1-4-5-6-7-11-14-17-20(2,3)18-21-19-15-12-9-8-10-13-16-19/h19H,4-18H2,1-3H3/q+1. The molecule has 0 aliphatic heterocycles. The smallest absolute Gasteiger partial charge is 0.183 e. The van der Waals surface area contributed by atoms with Gasteiger partial charge in [-0.2, -0.15) is 0 Å². The lowest BCUT2D eigenvalue weighted by Gasteiger charge is -2.32. The lowest BCUT2D eigenvalue weighted by molar-refractivity contribution is -0.910. The average Bonchev–Trinajstić information content (AvgIpc) is 2.41. The number of rotatable bonds is 10. The molecule has 0 N–H and O–H groups in total. The van der Waals surface area contributed by atoms with Gasteiger partial charge in [0.05, 0.1) is 26.7 Å². The molecule has 1 saturated carbocycles. The third-order valence-electron chi connectivity index (χ3n) is 4.83. The van der Waals surface area contributed by atoms with Crippen LogP contribution in [0.4, 0.5) is 0 Å². The number of hydrogen-bond acceptors (Lipinski definition) is 1. The molecule has 0 aromatic carbocycles. The van der Waals surface area contributed by atoms with Crippen molar-refractivity contribution in [3.8, 4) is 0 Å². The molecule has 1 fully saturated rings. The van der Waals surface area contributed by atoms with Crippen molar-refractivity contribution in [1.29, 1.82) is 0 Å². The Bertz CT molecular complexity index is 232.